The molecule has 0 aromatic carbocycles. The molecule has 0 atom stereocenters. The van der Waals surface area contributed by atoms with Gasteiger partial charge in [-0.1, -0.05) is 0 Å². The normalized spacial score (nSPS) is 11.2. The summed E-state index contributed by atoms with van der Waals surface area (Å²) in [5, 5.41) is 0. The number of fused-ring (bicyclic) bond motifs is 1. The number of aromatic nitrogens is 2. The van der Waals surface area contributed by atoms with Crippen molar-refractivity contribution in [3.8, 4) is 0 Å². The van der Waals surface area contributed by atoms with Crippen LogP contribution in [0.15, 0.2) is 36.8 Å². The maximum absolute atomic E-state index is 13.4. The van der Waals surface area contributed by atoms with Crippen molar-refractivity contribution in [3.63, 3.8) is 0 Å². The van der Waals surface area contributed by atoms with E-state index in [1.165, 1.54) is 28.8 Å². The van der Waals surface area contributed by atoms with E-state index < -0.39 is 5.82 Å². The molecule has 0 radical (unpaired) electrons. The van der Waals surface area contributed by atoms with Crippen molar-refractivity contribution in [3.05, 3.63) is 48.3 Å². The zero-order chi connectivity index (χ0) is 12.4. The van der Waals surface area contributed by atoms with Gasteiger partial charge in [0.25, 0.3) is 0 Å². The summed E-state index contributed by atoms with van der Waals surface area (Å²) in [5.41, 5.74) is 0.506. The summed E-state index contributed by atoms with van der Waals surface area (Å²) >= 11 is 0. The molecular weight excluding hydrogens is 221 g/mol. The smallest absolute Gasteiger partial charge is 0.205 e. The molecular formula is C12H12FN3O. The van der Waals surface area contributed by atoms with Gasteiger partial charge in [0.15, 0.2) is 11.5 Å². The molecule has 0 aliphatic rings. The number of ketones is 1. The van der Waals surface area contributed by atoms with Gasteiger partial charge in [-0.15, -0.1) is 0 Å². The fourth-order valence-corrected chi connectivity index (χ4v) is 1.46. The number of imidazole rings is 1. The lowest BCUT2D eigenvalue weighted by Crippen LogP contribution is -2.05. The lowest BCUT2D eigenvalue weighted by molar-refractivity contribution is 0.104. The third-order valence-electron chi connectivity index (χ3n) is 2.26. The second-order valence-corrected chi connectivity index (χ2v) is 3.84. The molecule has 0 aliphatic heterocycles. The highest BCUT2D eigenvalue weighted by Crippen LogP contribution is 2.11. The number of hydrogen-bond donors (Lipinski definition) is 0. The Bertz CT molecular complexity index is 586. The van der Waals surface area contributed by atoms with Gasteiger partial charge in [-0.3, -0.25) is 9.20 Å². The number of carbonyl (C=O) groups excluding carboxylic acids is 1. The average molecular weight is 233 g/mol. The van der Waals surface area contributed by atoms with Crippen molar-refractivity contribution in [1.29, 1.82) is 0 Å². The number of rotatable bonds is 3. The fraction of sp³-hybridized carbons (Fsp3) is 0.167. The zero-order valence-corrected chi connectivity index (χ0v) is 9.59. The molecule has 17 heavy (non-hydrogen) atoms. The monoisotopic (exact) mass is 233 g/mol. The molecule has 88 valence electrons. The molecule has 0 fully saturated rings. The van der Waals surface area contributed by atoms with E-state index in [2.05, 4.69) is 4.98 Å². The highest BCUT2D eigenvalue weighted by atomic mass is 19.1. The standard InChI is InChI=1S/C12H12FN3O/c1-15(2)7-5-11(17)10-8-14-12-9(13)4-3-6-16(10)12/h3-8H,1-2H3/b7-5+. The minimum atomic E-state index is -0.442. The molecule has 0 saturated heterocycles. The Balaban J connectivity index is 2.43. The molecule has 2 rings (SSSR count). The van der Waals surface area contributed by atoms with Crippen LogP contribution in [0, 0.1) is 5.82 Å². The van der Waals surface area contributed by atoms with Crippen LogP contribution < -0.4 is 0 Å². The molecule has 0 bridgehead atoms. The Morgan fingerprint density at radius 2 is 2.29 bits per heavy atom. The van der Waals surface area contributed by atoms with Gasteiger partial charge in [-0.05, 0) is 12.1 Å². The molecule has 0 spiro atoms. The Hall–Kier alpha value is -2.17. The lowest BCUT2D eigenvalue weighted by Gasteiger charge is -2.02. The molecule has 0 aliphatic carbocycles. The molecule has 5 heteroatoms. The highest BCUT2D eigenvalue weighted by Gasteiger charge is 2.11. The largest absolute Gasteiger partial charge is 0.383 e. The summed E-state index contributed by atoms with van der Waals surface area (Å²) in [5.74, 6) is -0.653. The average Bonchev–Trinajstić information content (AvgIpc) is 2.71. The van der Waals surface area contributed by atoms with Crippen LogP contribution in [0.4, 0.5) is 4.39 Å². The first-order valence-corrected chi connectivity index (χ1v) is 5.10. The molecule has 2 heterocycles. The Labute approximate surface area is 98.0 Å². The topological polar surface area (TPSA) is 37.6 Å². The fourth-order valence-electron chi connectivity index (χ4n) is 1.46. The Morgan fingerprint density at radius 3 is 3.00 bits per heavy atom. The van der Waals surface area contributed by atoms with Crippen molar-refractivity contribution in [1.82, 2.24) is 14.3 Å². The van der Waals surface area contributed by atoms with Gasteiger partial charge in [0.1, 0.15) is 5.69 Å². The second-order valence-electron chi connectivity index (χ2n) is 3.84. The van der Waals surface area contributed by atoms with E-state index >= 15 is 0 Å². The van der Waals surface area contributed by atoms with Crippen molar-refractivity contribution >= 4 is 11.4 Å². The first-order chi connectivity index (χ1) is 8.09. The van der Waals surface area contributed by atoms with Gasteiger partial charge < -0.3 is 4.90 Å². The van der Waals surface area contributed by atoms with Gasteiger partial charge >= 0.3 is 0 Å². The van der Waals surface area contributed by atoms with Crippen molar-refractivity contribution in [2.45, 2.75) is 0 Å². The van der Waals surface area contributed by atoms with E-state index in [-0.39, 0.29) is 11.4 Å². The van der Waals surface area contributed by atoms with Gasteiger partial charge in [0.2, 0.25) is 5.78 Å². The third-order valence-corrected chi connectivity index (χ3v) is 2.26. The lowest BCUT2D eigenvalue weighted by atomic mass is 10.3. The quantitative estimate of drug-likeness (QED) is 0.598. The minimum Gasteiger partial charge on any atom is -0.383 e. The number of carbonyl (C=O) groups is 1. The Kier molecular flexibility index (Phi) is 2.91. The predicted octanol–water partition coefficient (Wildman–Crippen LogP) is 1.73. The molecule has 0 amide bonds. The molecule has 2 aromatic heterocycles. The van der Waals surface area contributed by atoms with Gasteiger partial charge in [0.05, 0.1) is 6.20 Å². The molecule has 4 nitrogen and oxygen atoms in total. The van der Waals surface area contributed by atoms with Crippen LogP contribution in [0.3, 0.4) is 0 Å². The molecule has 2 aromatic rings. The molecule has 0 N–H and O–H groups in total. The predicted molar refractivity (Wildman–Crippen MR) is 62.3 cm³/mol. The summed E-state index contributed by atoms with van der Waals surface area (Å²) in [7, 11) is 3.63. The Morgan fingerprint density at radius 1 is 1.53 bits per heavy atom. The van der Waals surface area contributed by atoms with Gasteiger partial charge in [0, 0.05) is 32.6 Å². The number of allylic oxidation sites excluding steroid dienone is 1. The number of halogens is 1. The SMILES string of the molecule is CN(C)/C=C/C(=O)c1cnc2c(F)cccn12. The maximum atomic E-state index is 13.4. The summed E-state index contributed by atoms with van der Waals surface area (Å²) in [6.07, 6.45) is 6.05. The first kappa shape index (κ1) is 11.3. The first-order valence-electron chi connectivity index (χ1n) is 5.10. The van der Waals surface area contributed by atoms with Gasteiger partial charge in [-0.25, -0.2) is 9.37 Å². The van der Waals surface area contributed by atoms with Crippen LogP contribution >= 0.6 is 0 Å². The zero-order valence-electron chi connectivity index (χ0n) is 9.59. The van der Waals surface area contributed by atoms with Gasteiger partial charge in [-0.2, -0.15) is 0 Å². The number of nitrogens with zero attached hydrogens (tertiary/aromatic N) is 3. The minimum absolute atomic E-state index is 0.161. The highest BCUT2D eigenvalue weighted by molar-refractivity contribution is 6.03. The summed E-state index contributed by atoms with van der Waals surface area (Å²) < 4.78 is 14.8. The summed E-state index contributed by atoms with van der Waals surface area (Å²) in [4.78, 5) is 17.5. The van der Waals surface area contributed by atoms with Crippen molar-refractivity contribution < 1.29 is 9.18 Å². The van der Waals surface area contributed by atoms with E-state index in [9.17, 15) is 9.18 Å². The third kappa shape index (κ3) is 2.18. The number of hydrogen-bond acceptors (Lipinski definition) is 3. The summed E-state index contributed by atoms with van der Waals surface area (Å²) in [6.45, 7) is 0. The summed E-state index contributed by atoms with van der Waals surface area (Å²) in [6, 6.07) is 2.85. The van der Waals surface area contributed by atoms with Crippen LogP contribution in [-0.4, -0.2) is 34.2 Å². The maximum Gasteiger partial charge on any atom is 0.205 e. The van der Waals surface area contributed by atoms with Crippen LogP contribution in [-0.2, 0) is 0 Å². The van der Waals surface area contributed by atoms with E-state index in [0.29, 0.717) is 5.69 Å². The van der Waals surface area contributed by atoms with Crippen LogP contribution in [0.5, 0.6) is 0 Å². The van der Waals surface area contributed by atoms with Crippen molar-refractivity contribution in [2.24, 2.45) is 0 Å². The van der Waals surface area contributed by atoms with E-state index in [4.69, 9.17) is 0 Å². The van der Waals surface area contributed by atoms with E-state index in [1.54, 1.807) is 17.3 Å². The van der Waals surface area contributed by atoms with Crippen LogP contribution in [0.25, 0.3) is 5.65 Å². The second kappa shape index (κ2) is 4.37. The van der Waals surface area contributed by atoms with Crippen molar-refractivity contribution in [2.75, 3.05) is 14.1 Å². The molecule has 0 saturated carbocycles. The van der Waals surface area contributed by atoms with E-state index in [1.807, 2.05) is 14.1 Å². The molecule has 0 unspecified atom stereocenters. The van der Waals surface area contributed by atoms with Crippen LogP contribution in [0.2, 0.25) is 0 Å². The number of pyridine rings is 1. The van der Waals surface area contributed by atoms with Crippen LogP contribution in [0.1, 0.15) is 10.5 Å². The van der Waals surface area contributed by atoms with E-state index in [0.717, 1.165) is 0 Å².